The Kier molecular flexibility index (Phi) is 3.62. The van der Waals surface area contributed by atoms with Crippen LogP contribution in [0.25, 0.3) is 0 Å². The SMILES string of the molecule is Cc1cc(Br)cc(C(=O)NCC(=O)C2CC2)c1. The molecule has 1 amide bonds. The number of nitrogens with one attached hydrogen (secondary N) is 1. The number of amides is 1. The van der Waals surface area contributed by atoms with Crippen molar-refractivity contribution in [3.8, 4) is 0 Å². The highest BCUT2D eigenvalue weighted by molar-refractivity contribution is 9.10. The molecule has 1 fully saturated rings. The van der Waals surface area contributed by atoms with Gasteiger partial charge in [0, 0.05) is 16.0 Å². The summed E-state index contributed by atoms with van der Waals surface area (Å²) in [6.45, 7) is 2.08. The maximum atomic E-state index is 11.8. The van der Waals surface area contributed by atoms with Gasteiger partial charge >= 0.3 is 0 Å². The summed E-state index contributed by atoms with van der Waals surface area (Å²) < 4.78 is 0.871. The van der Waals surface area contributed by atoms with E-state index in [0.29, 0.717) is 5.56 Å². The van der Waals surface area contributed by atoms with Gasteiger partial charge in [-0.05, 0) is 43.5 Å². The standard InChI is InChI=1S/C13H14BrNO2/c1-8-4-10(6-11(14)5-8)13(17)15-7-12(16)9-2-3-9/h4-6,9H,2-3,7H2,1H3,(H,15,17). The van der Waals surface area contributed by atoms with Crippen LogP contribution in [0.4, 0.5) is 0 Å². The van der Waals surface area contributed by atoms with E-state index in [4.69, 9.17) is 0 Å². The van der Waals surface area contributed by atoms with Gasteiger partial charge in [-0.1, -0.05) is 15.9 Å². The third kappa shape index (κ3) is 3.40. The van der Waals surface area contributed by atoms with Gasteiger partial charge in [0.15, 0.2) is 5.78 Å². The first kappa shape index (κ1) is 12.3. The highest BCUT2D eigenvalue weighted by Crippen LogP contribution is 2.29. The largest absolute Gasteiger partial charge is 0.345 e. The van der Waals surface area contributed by atoms with Crippen molar-refractivity contribution >= 4 is 27.6 Å². The number of rotatable bonds is 4. The maximum absolute atomic E-state index is 11.8. The minimum absolute atomic E-state index is 0.144. The molecule has 0 saturated heterocycles. The number of Topliss-reactive ketones (excluding diaryl/α,β-unsaturated/α-hetero) is 1. The van der Waals surface area contributed by atoms with E-state index in [0.717, 1.165) is 22.9 Å². The number of carbonyl (C=O) groups is 2. The highest BCUT2D eigenvalue weighted by atomic mass is 79.9. The molecule has 0 bridgehead atoms. The zero-order valence-electron chi connectivity index (χ0n) is 9.63. The molecule has 1 N–H and O–H groups in total. The highest BCUT2D eigenvalue weighted by Gasteiger charge is 2.29. The number of hydrogen-bond donors (Lipinski definition) is 1. The van der Waals surface area contributed by atoms with E-state index >= 15 is 0 Å². The first-order valence-corrected chi connectivity index (χ1v) is 6.43. The Morgan fingerprint density at radius 2 is 2.06 bits per heavy atom. The lowest BCUT2D eigenvalue weighted by molar-refractivity contribution is -0.119. The monoisotopic (exact) mass is 295 g/mol. The Balaban J connectivity index is 1.96. The summed E-state index contributed by atoms with van der Waals surface area (Å²) in [5.41, 5.74) is 1.60. The molecule has 1 aromatic carbocycles. The van der Waals surface area contributed by atoms with Crippen molar-refractivity contribution in [3.63, 3.8) is 0 Å². The summed E-state index contributed by atoms with van der Waals surface area (Å²) in [4.78, 5) is 23.3. The zero-order valence-corrected chi connectivity index (χ0v) is 11.2. The lowest BCUT2D eigenvalue weighted by atomic mass is 10.1. The summed E-state index contributed by atoms with van der Waals surface area (Å²) in [6.07, 6.45) is 1.95. The molecule has 2 rings (SSSR count). The summed E-state index contributed by atoms with van der Waals surface area (Å²) in [7, 11) is 0. The lowest BCUT2D eigenvalue weighted by Crippen LogP contribution is -2.30. The second-order valence-corrected chi connectivity index (χ2v) is 5.36. The van der Waals surface area contributed by atoms with E-state index in [2.05, 4.69) is 21.2 Å². The van der Waals surface area contributed by atoms with Crippen LogP contribution in [0.15, 0.2) is 22.7 Å². The fourth-order valence-electron chi connectivity index (χ4n) is 1.69. The first-order chi connectivity index (χ1) is 8.06. The van der Waals surface area contributed by atoms with Gasteiger partial charge in [0.25, 0.3) is 5.91 Å². The normalized spacial score (nSPS) is 14.5. The number of benzene rings is 1. The van der Waals surface area contributed by atoms with Gasteiger partial charge in [-0.15, -0.1) is 0 Å². The topological polar surface area (TPSA) is 46.2 Å². The Morgan fingerprint density at radius 3 is 2.65 bits per heavy atom. The van der Waals surface area contributed by atoms with E-state index in [-0.39, 0.29) is 24.2 Å². The van der Waals surface area contributed by atoms with Crippen molar-refractivity contribution < 1.29 is 9.59 Å². The van der Waals surface area contributed by atoms with Crippen LogP contribution in [0.2, 0.25) is 0 Å². The van der Waals surface area contributed by atoms with Gasteiger partial charge in [-0.2, -0.15) is 0 Å². The van der Waals surface area contributed by atoms with Gasteiger partial charge in [0.05, 0.1) is 6.54 Å². The third-order valence-corrected chi connectivity index (χ3v) is 3.22. The second kappa shape index (κ2) is 5.00. The Hall–Kier alpha value is -1.16. The predicted octanol–water partition coefficient (Wildman–Crippen LogP) is 2.47. The minimum atomic E-state index is -0.191. The molecule has 3 nitrogen and oxygen atoms in total. The van der Waals surface area contributed by atoms with Crippen LogP contribution < -0.4 is 5.32 Å². The zero-order chi connectivity index (χ0) is 12.4. The quantitative estimate of drug-likeness (QED) is 0.927. The number of hydrogen-bond acceptors (Lipinski definition) is 2. The van der Waals surface area contributed by atoms with Crippen LogP contribution in [-0.2, 0) is 4.79 Å². The van der Waals surface area contributed by atoms with Crippen molar-refractivity contribution in [1.82, 2.24) is 5.32 Å². The van der Waals surface area contributed by atoms with Crippen LogP contribution in [0.5, 0.6) is 0 Å². The number of carbonyl (C=O) groups excluding carboxylic acids is 2. The fourth-order valence-corrected chi connectivity index (χ4v) is 2.29. The molecule has 0 aromatic heterocycles. The van der Waals surface area contributed by atoms with Crippen molar-refractivity contribution in [1.29, 1.82) is 0 Å². The van der Waals surface area contributed by atoms with E-state index in [1.165, 1.54) is 0 Å². The minimum Gasteiger partial charge on any atom is -0.345 e. The molecule has 0 spiro atoms. The molecule has 1 aliphatic carbocycles. The molecule has 0 aliphatic heterocycles. The van der Waals surface area contributed by atoms with Crippen molar-refractivity contribution in [2.75, 3.05) is 6.54 Å². The molecular formula is C13H14BrNO2. The summed E-state index contributed by atoms with van der Waals surface area (Å²) in [6, 6.07) is 5.50. The molecule has 0 atom stereocenters. The van der Waals surface area contributed by atoms with Crippen molar-refractivity contribution in [2.24, 2.45) is 5.92 Å². The van der Waals surface area contributed by atoms with Gasteiger partial charge < -0.3 is 5.32 Å². The molecule has 0 radical (unpaired) electrons. The predicted molar refractivity (Wildman–Crippen MR) is 68.9 cm³/mol. The lowest BCUT2D eigenvalue weighted by Gasteiger charge is -2.05. The van der Waals surface area contributed by atoms with Crippen molar-refractivity contribution in [2.45, 2.75) is 19.8 Å². The third-order valence-electron chi connectivity index (χ3n) is 2.76. The second-order valence-electron chi connectivity index (χ2n) is 4.44. The van der Waals surface area contributed by atoms with Gasteiger partial charge in [0.2, 0.25) is 0 Å². The molecule has 17 heavy (non-hydrogen) atoms. The molecule has 4 heteroatoms. The van der Waals surface area contributed by atoms with E-state index in [1.807, 2.05) is 19.1 Å². The van der Waals surface area contributed by atoms with E-state index in [1.54, 1.807) is 6.07 Å². The Bertz CT molecular complexity index is 446. The fraction of sp³-hybridized carbons (Fsp3) is 0.385. The summed E-state index contributed by atoms with van der Waals surface area (Å²) in [5, 5.41) is 2.67. The number of halogens is 1. The smallest absolute Gasteiger partial charge is 0.251 e. The number of ketones is 1. The Morgan fingerprint density at radius 1 is 1.35 bits per heavy atom. The molecule has 0 unspecified atom stereocenters. The molecular weight excluding hydrogens is 282 g/mol. The van der Waals surface area contributed by atoms with Crippen LogP contribution in [0.1, 0.15) is 28.8 Å². The van der Waals surface area contributed by atoms with Gasteiger partial charge in [-0.3, -0.25) is 9.59 Å². The number of aryl methyl sites for hydroxylation is 1. The van der Waals surface area contributed by atoms with Crippen LogP contribution in [-0.4, -0.2) is 18.2 Å². The van der Waals surface area contributed by atoms with E-state index in [9.17, 15) is 9.59 Å². The van der Waals surface area contributed by atoms with E-state index < -0.39 is 0 Å². The van der Waals surface area contributed by atoms with Crippen LogP contribution in [0.3, 0.4) is 0 Å². The summed E-state index contributed by atoms with van der Waals surface area (Å²) >= 11 is 3.35. The Labute approximate surface area is 109 Å². The molecule has 1 aromatic rings. The molecule has 0 heterocycles. The molecule has 90 valence electrons. The maximum Gasteiger partial charge on any atom is 0.251 e. The van der Waals surface area contributed by atoms with Crippen LogP contribution in [0, 0.1) is 12.8 Å². The van der Waals surface area contributed by atoms with Gasteiger partial charge in [-0.25, -0.2) is 0 Å². The summed E-state index contributed by atoms with van der Waals surface area (Å²) in [5.74, 6) is 0.146. The average Bonchev–Trinajstić information content (AvgIpc) is 3.07. The first-order valence-electron chi connectivity index (χ1n) is 5.64. The average molecular weight is 296 g/mol. The van der Waals surface area contributed by atoms with Gasteiger partial charge in [0.1, 0.15) is 0 Å². The van der Waals surface area contributed by atoms with Crippen LogP contribution >= 0.6 is 15.9 Å². The van der Waals surface area contributed by atoms with Crippen molar-refractivity contribution in [3.05, 3.63) is 33.8 Å². The molecule has 1 aliphatic rings. The molecule has 1 saturated carbocycles.